The third-order valence-electron chi connectivity index (χ3n) is 4.15. The third-order valence-corrected chi connectivity index (χ3v) is 5.42. The molecule has 2 amide bonds. The van der Waals surface area contributed by atoms with E-state index in [0.717, 1.165) is 0 Å². The molecule has 0 aromatic heterocycles. The quantitative estimate of drug-likeness (QED) is 0.663. The van der Waals surface area contributed by atoms with Gasteiger partial charge < -0.3 is 9.80 Å². The predicted molar refractivity (Wildman–Crippen MR) is 102 cm³/mol. The van der Waals surface area contributed by atoms with Crippen LogP contribution in [0.2, 0.25) is 10.0 Å². The van der Waals surface area contributed by atoms with Crippen molar-refractivity contribution in [2.75, 3.05) is 26.2 Å². The van der Waals surface area contributed by atoms with Gasteiger partial charge in [0.15, 0.2) is 0 Å². The van der Waals surface area contributed by atoms with Crippen LogP contribution in [0.4, 0.5) is 4.39 Å². The zero-order chi connectivity index (χ0) is 18.8. The zero-order valence-corrected chi connectivity index (χ0v) is 16.6. The van der Waals surface area contributed by atoms with Crippen LogP contribution >= 0.6 is 39.1 Å². The largest absolute Gasteiger partial charge is 0.335 e. The molecule has 0 bridgehead atoms. The highest BCUT2D eigenvalue weighted by molar-refractivity contribution is 9.10. The van der Waals surface area contributed by atoms with Gasteiger partial charge >= 0.3 is 0 Å². The van der Waals surface area contributed by atoms with Crippen molar-refractivity contribution in [1.29, 1.82) is 0 Å². The van der Waals surface area contributed by atoms with Gasteiger partial charge in [0.25, 0.3) is 11.8 Å². The van der Waals surface area contributed by atoms with Crippen LogP contribution in [-0.2, 0) is 0 Å². The van der Waals surface area contributed by atoms with Gasteiger partial charge in [-0.1, -0.05) is 45.2 Å². The third kappa shape index (κ3) is 4.03. The van der Waals surface area contributed by atoms with Crippen molar-refractivity contribution in [1.82, 2.24) is 9.80 Å². The van der Waals surface area contributed by atoms with Crippen LogP contribution in [0.3, 0.4) is 0 Å². The molecule has 136 valence electrons. The van der Waals surface area contributed by atoms with Crippen LogP contribution in [0.5, 0.6) is 0 Å². The average molecular weight is 460 g/mol. The van der Waals surface area contributed by atoms with Crippen molar-refractivity contribution < 1.29 is 14.0 Å². The van der Waals surface area contributed by atoms with Crippen molar-refractivity contribution in [2.24, 2.45) is 0 Å². The smallest absolute Gasteiger partial charge is 0.255 e. The lowest BCUT2D eigenvalue weighted by Gasteiger charge is -2.35. The summed E-state index contributed by atoms with van der Waals surface area (Å²) >= 11 is 15.3. The van der Waals surface area contributed by atoms with E-state index in [0.29, 0.717) is 41.2 Å². The second-order valence-electron chi connectivity index (χ2n) is 5.84. The molecule has 0 aliphatic carbocycles. The Kier molecular flexibility index (Phi) is 5.85. The minimum Gasteiger partial charge on any atom is -0.335 e. The first-order valence-electron chi connectivity index (χ1n) is 7.85. The first kappa shape index (κ1) is 19.1. The molecular formula is C18H14BrCl2FN2O2. The molecule has 26 heavy (non-hydrogen) atoms. The van der Waals surface area contributed by atoms with Crippen LogP contribution in [0, 0.1) is 5.82 Å². The number of rotatable bonds is 2. The van der Waals surface area contributed by atoms with E-state index in [4.69, 9.17) is 23.2 Å². The van der Waals surface area contributed by atoms with Crippen LogP contribution in [0.25, 0.3) is 0 Å². The number of carbonyl (C=O) groups is 2. The molecule has 3 rings (SSSR count). The number of amides is 2. The minimum atomic E-state index is -0.480. The van der Waals surface area contributed by atoms with E-state index in [9.17, 15) is 14.0 Å². The number of halogens is 4. The summed E-state index contributed by atoms with van der Waals surface area (Å²) in [5, 5.41) is 0.547. The number of hydrogen-bond acceptors (Lipinski definition) is 2. The highest BCUT2D eigenvalue weighted by Gasteiger charge is 2.27. The summed E-state index contributed by atoms with van der Waals surface area (Å²) in [6.07, 6.45) is 0. The number of piperazine rings is 1. The highest BCUT2D eigenvalue weighted by Crippen LogP contribution is 2.27. The van der Waals surface area contributed by atoms with Crippen molar-refractivity contribution >= 4 is 50.9 Å². The van der Waals surface area contributed by atoms with Gasteiger partial charge in [0, 0.05) is 36.2 Å². The molecule has 8 heteroatoms. The fourth-order valence-corrected chi connectivity index (χ4v) is 3.66. The van der Waals surface area contributed by atoms with E-state index in [1.165, 1.54) is 12.1 Å². The number of benzene rings is 2. The SMILES string of the molecule is O=C(c1cc(F)cc(Br)c1)N1CCN(C(=O)c2cccc(Cl)c2Cl)CC1. The highest BCUT2D eigenvalue weighted by atomic mass is 79.9. The number of nitrogens with zero attached hydrogens (tertiary/aromatic N) is 2. The number of hydrogen-bond donors (Lipinski definition) is 0. The van der Waals surface area contributed by atoms with Crippen molar-refractivity contribution in [2.45, 2.75) is 0 Å². The lowest BCUT2D eigenvalue weighted by atomic mass is 10.1. The van der Waals surface area contributed by atoms with Gasteiger partial charge in [0.05, 0.1) is 15.6 Å². The Hall–Kier alpha value is -1.63. The van der Waals surface area contributed by atoms with Crippen molar-refractivity contribution in [3.05, 3.63) is 67.9 Å². The van der Waals surface area contributed by atoms with Gasteiger partial charge in [-0.25, -0.2) is 4.39 Å². The Morgan fingerprint density at radius 1 is 0.962 bits per heavy atom. The maximum Gasteiger partial charge on any atom is 0.255 e. The first-order valence-corrected chi connectivity index (χ1v) is 9.40. The molecule has 0 N–H and O–H groups in total. The van der Waals surface area contributed by atoms with Crippen LogP contribution in [0.15, 0.2) is 40.9 Å². The van der Waals surface area contributed by atoms with E-state index in [-0.39, 0.29) is 22.4 Å². The maximum absolute atomic E-state index is 13.5. The van der Waals surface area contributed by atoms with E-state index in [1.54, 1.807) is 34.1 Å². The monoisotopic (exact) mass is 458 g/mol. The van der Waals surface area contributed by atoms with Gasteiger partial charge in [0.1, 0.15) is 5.82 Å². The van der Waals surface area contributed by atoms with Crippen molar-refractivity contribution in [3.63, 3.8) is 0 Å². The Bertz CT molecular complexity index is 850. The van der Waals surface area contributed by atoms with E-state index in [2.05, 4.69) is 15.9 Å². The van der Waals surface area contributed by atoms with Gasteiger partial charge in [-0.05, 0) is 30.3 Å². The Morgan fingerprint density at radius 3 is 2.19 bits per heavy atom. The molecule has 0 spiro atoms. The standard InChI is InChI=1S/C18H14BrCl2FN2O2/c19-12-8-11(9-13(22)10-12)17(25)23-4-6-24(7-5-23)18(26)14-2-1-3-15(20)16(14)21/h1-3,8-10H,4-7H2. The molecule has 2 aromatic carbocycles. The van der Waals surface area contributed by atoms with Gasteiger partial charge in [-0.3, -0.25) is 9.59 Å². The first-order chi connectivity index (χ1) is 12.4. The van der Waals surface area contributed by atoms with Gasteiger partial charge in [0.2, 0.25) is 0 Å². The topological polar surface area (TPSA) is 40.6 Å². The molecule has 0 saturated carbocycles. The van der Waals surface area contributed by atoms with Gasteiger partial charge in [-0.2, -0.15) is 0 Å². The lowest BCUT2D eigenvalue weighted by Crippen LogP contribution is -2.50. The van der Waals surface area contributed by atoms with E-state index < -0.39 is 5.82 Å². The van der Waals surface area contributed by atoms with Gasteiger partial charge in [-0.15, -0.1) is 0 Å². The van der Waals surface area contributed by atoms with E-state index >= 15 is 0 Å². The second-order valence-corrected chi connectivity index (χ2v) is 7.54. The summed E-state index contributed by atoms with van der Waals surface area (Å²) in [7, 11) is 0. The molecule has 1 saturated heterocycles. The average Bonchev–Trinajstić information content (AvgIpc) is 2.62. The van der Waals surface area contributed by atoms with Crippen molar-refractivity contribution in [3.8, 4) is 0 Å². The molecule has 1 heterocycles. The summed E-state index contributed by atoms with van der Waals surface area (Å²) in [5.41, 5.74) is 0.613. The molecule has 4 nitrogen and oxygen atoms in total. The van der Waals surface area contributed by atoms with Crippen LogP contribution in [-0.4, -0.2) is 47.8 Å². The van der Waals surface area contributed by atoms with E-state index in [1.807, 2.05) is 0 Å². The summed E-state index contributed by atoms with van der Waals surface area (Å²) in [4.78, 5) is 28.4. The molecule has 1 aliphatic rings. The molecular weight excluding hydrogens is 446 g/mol. The second kappa shape index (κ2) is 7.94. The molecule has 2 aromatic rings. The lowest BCUT2D eigenvalue weighted by molar-refractivity contribution is 0.0535. The summed E-state index contributed by atoms with van der Waals surface area (Å²) in [5.74, 6) is -0.969. The molecule has 0 atom stereocenters. The minimum absolute atomic E-state index is 0.224. The summed E-state index contributed by atoms with van der Waals surface area (Å²) < 4.78 is 14.0. The fourth-order valence-electron chi connectivity index (χ4n) is 2.81. The molecule has 0 unspecified atom stereocenters. The molecule has 1 aliphatic heterocycles. The maximum atomic E-state index is 13.5. The Morgan fingerprint density at radius 2 is 1.58 bits per heavy atom. The molecule has 0 radical (unpaired) electrons. The zero-order valence-electron chi connectivity index (χ0n) is 13.5. The Balaban J connectivity index is 1.68. The Labute approximate surface area is 168 Å². The van der Waals surface area contributed by atoms with Crippen LogP contribution in [0.1, 0.15) is 20.7 Å². The summed E-state index contributed by atoms with van der Waals surface area (Å²) in [6, 6.07) is 8.99. The normalized spacial score (nSPS) is 14.5. The fraction of sp³-hybridized carbons (Fsp3) is 0.222. The predicted octanol–water partition coefficient (Wildman–Crippen LogP) is 4.49. The number of carbonyl (C=O) groups excluding carboxylic acids is 2. The molecule has 1 fully saturated rings. The van der Waals surface area contributed by atoms with Crippen LogP contribution < -0.4 is 0 Å². The summed E-state index contributed by atoms with van der Waals surface area (Å²) in [6.45, 7) is 1.45.